The molecule has 0 fully saturated rings. The molecule has 3 unspecified atom stereocenters. The molecule has 0 heterocycles. The van der Waals surface area contributed by atoms with Crippen LogP contribution in [0, 0.1) is 17.8 Å². The number of carboxylic acid groups (broad SMARTS) is 3. The van der Waals surface area contributed by atoms with E-state index in [0.29, 0.717) is 6.54 Å². The molecule has 2 N–H and O–H groups in total. The van der Waals surface area contributed by atoms with Crippen LogP contribution in [0.15, 0.2) is 12.7 Å². The second kappa shape index (κ2) is 22.9. The number of carboxylic acids is 3. The van der Waals surface area contributed by atoms with E-state index < -0.39 is 35.7 Å². The summed E-state index contributed by atoms with van der Waals surface area (Å²) in [6.07, 6.45) is 23.1. The zero-order chi connectivity index (χ0) is 29.5. The van der Waals surface area contributed by atoms with Gasteiger partial charge in [-0.2, -0.15) is 0 Å². The highest BCUT2D eigenvalue weighted by Gasteiger charge is 2.36. The van der Waals surface area contributed by atoms with Crippen molar-refractivity contribution >= 4 is 17.9 Å². The molecule has 0 rings (SSSR count). The van der Waals surface area contributed by atoms with Gasteiger partial charge in [-0.1, -0.05) is 96.5 Å². The smallest absolute Gasteiger partial charge is 0.311 e. The van der Waals surface area contributed by atoms with E-state index in [1.807, 2.05) is 6.08 Å². The highest BCUT2D eigenvalue weighted by molar-refractivity contribution is 5.70. The Kier molecular flexibility index (Phi) is 21.8. The fraction of sp³-hybridized carbons (Fsp3) is 0.844. The zero-order valence-corrected chi connectivity index (χ0v) is 25.3. The quantitative estimate of drug-likeness (QED) is 0.0654. The Morgan fingerprint density at radius 1 is 0.615 bits per heavy atom. The molecular formula is C32H59NO6. The highest BCUT2D eigenvalue weighted by Crippen LogP contribution is 2.22. The van der Waals surface area contributed by atoms with Gasteiger partial charge in [0.1, 0.15) is 11.8 Å². The maximum Gasteiger partial charge on any atom is 0.311 e. The van der Waals surface area contributed by atoms with Crippen molar-refractivity contribution in [3.63, 3.8) is 0 Å². The first kappa shape index (κ1) is 37.1. The van der Waals surface area contributed by atoms with Crippen LogP contribution in [0.25, 0.3) is 0 Å². The normalized spacial score (nSPS) is 15.3. The first-order chi connectivity index (χ1) is 18.5. The molecule has 3 atom stereocenters. The van der Waals surface area contributed by atoms with Crippen LogP contribution in [0.1, 0.15) is 130 Å². The van der Waals surface area contributed by atoms with Crippen molar-refractivity contribution in [2.24, 2.45) is 17.8 Å². The molecule has 0 aliphatic heterocycles. The molecule has 0 spiro atoms. The summed E-state index contributed by atoms with van der Waals surface area (Å²) in [4.78, 5) is 34.7. The number of aliphatic carboxylic acids is 3. The fourth-order valence-electron chi connectivity index (χ4n) is 5.68. The molecule has 0 saturated carbocycles. The van der Waals surface area contributed by atoms with Gasteiger partial charge in [0.05, 0.1) is 26.2 Å². The van der Waals surface area contributed by atoms with Crippen molar-refractivity contribution in [2.45, 2.75) is 130 Å². The van der Waals surface area contributed by atoms with Crippen LogP contribution in [0.4, 0.5) is 0 Å². The van der Waals surface area contributed by atoms with Crippen molar-refractivity contribution in [2.75, 3.05) is 26.2 Å². The topological polar surface area (TPSA) is 115 Å². The lowest BCUT2D eigenvalue weighted by atomic mass is 10.00. The van der Waals surface area contributed by atoms with E-state index in [4.69, 9.17) is 0 Å². The lowest BCUT2D eigenvalue weighted by Gasteiger charge is -2.43. The van der Waals surface area contributed by atoms with Crippen LogP contribution in [0.3, 0.4) is 0 Å². The van der Waals surface area contributed by atoms with Gasteiger partial charge in [0, 0.05) is 11.9 Å². The largest absolute Gasteiger partial charge is 0.550 e. The summed E-state index contributed by atoms with van der Waals surface area (Å²) in [6, 6.07) is 0. The van der Waals surface area contributed by atoms with Crippen molar-refractivity contribution in [3.8, 4) is 0 Å². The number of unbranched alkanes of at least 4 members (excludes halogenated alkanes) is 16. The lowest BCUT2D eigenvalue weighted by Crippen LogP contribution is -2.58. The summed E-state index contributed by atoms with van der Waals surface area (Å²) >= 11 is 0. The van der Waals surface area contributed by atoms with E-state index in [9.17, 15) is 29.7 Å². The molecule has 39 heavy (non-hydrogen) atoms. The average molecular weight is 554 g/mol. The van der Waals surface area contributed by atoms with Crippen molar-refractivity contribution in [1.29, 1.82) is 0 Å². The van der Waals surface area contributed by atoms with Gasteiger partial charge in [0.15, 0.2) is 0 Å². The van der Waals surface area contributed by atoms with Gasteiger partial charge in [-0.05, 0) is 39.5 Å². The molecule has 0 bridgehead atoms. The van der Waals surface area contributed by atoms with Crippen molar-refractivity contribution in [1.82, 2.24) is 0 Å². The molecule has 0 radical (unpaired) electrons. The third-order valence-corrected chi connectivity index (χ3v) is 8.02. The van der Waals surface area contributed by atoms with Crippen LogP contribution >= 0.6 is 0 Å². The minimum absolute atomic E-state index is 0.186. The number of quaternary nitrogens is 1. The molecule has 0 aliphatic rings. The van der Waals surface area contributed by atoms with Gasteiger partial charge in [-0.25, -0.2) is 0 Å². The standard InChI is InChI=1S/C32H59NO6/c1-5-6-7-8-9-10-11-12-13-14-15-16-17-18-19-20-21-22-23-33(24-27(2)30(34)35,25-28(3)31(36)37)26-29(4)32(38)39/h5,27-29H,1,6-26H2,2-4H3,(H2-,34,35,36,37,38,39). The summed E-state index contributed by atoms with van der Waals surface area (Å²) in [5.41, 5.74) is 0. The Bertz CT molecular complexity index is 625. The number of hydrogen-bond donors (Lipinski definition) is 2. The SMILES string of the molecule is C=CCCCCCCCCCCCCCCCCCC[N+](CC(C)C(=O)[O-])(CC(C)C(=O)O)CC(C)C(=O)O. The molecule has 228 valence electrons. The summed E-state index contributed by atoms with van der Waals surface area (Å²) in [5.74, 6) is -5.23. The fourth-order valence-corrected chi connectivity index (χ4v) is 5.68. The van der Waals surface area contributed by atoms with E-state index in [1.54, 1.807) is 20.8 Å². The number of nitrogens with zero attached hydrogens (tertiary/aromatic N) is 1. The van der Waals surface area contributed by atoms with E-state index in [0.717, 1.165) is 25.7 Å². The number of carbonyl (C=O) groups excluding carboxylic acids is 1. The summed E-state index contributed by atoms with van der Waals surface area (Å²) < 4.78 is 0.186. The van der Waals surface area contributed by atoms with Gasteiger partial charge in [0.25, 0.3) is 0 Å². The third kappa shape index (κ3) is 19.8. The second-order valence-corrected chi connectivity index (χ2v) is 12.0. The van der Waals surface area contributed by atoms with Gasteiger partial charge in [0.2, 0.25) is 0 Å². The predicted molar refractivity (Wildman–Crippen MR) is 156 cm³/mol. The molecule has 0 aromatic heterocycles. The highest BCUT2D eigenvalue weighted by atomic mass is 16.4. The van der Waals surface area contributed by atoms with Crippen LogP contribution in [-0.2, 0) is 14.4 Å². The van der Waals surface area contributed by atoms with E-state index >= 15 is 0 Å². The number of hydrogen-bond acceptors (Lipinski definition) is 4. The molecule has 0 saturated heterocycles. The molecule has 7 nitrogen and oxygen atoms in total. The van der Waals surface area contributed by atoms with Crippen molar-refractivity contribution < 1.29 is 34.2 Å². The van der Waals surface area contributed by atoms with Gasteiger partial charge >= 0.3 is 11.9 Å². The van der Waals surface area contributed by atoms with E-state index in [-0.39, 0.29) is 24.1 Å². The minimum Gasteiger partial charge on any atom is -0.550 e. The number of rotatable bonds is 28. The third-order valence-electron chi connectivity index (χ3n) is 8.02. The first-order valence-corrected chi connectivity index (χ1v) is 15.7. The maximum absolute atomic E-state index is 11.6. The second-order valence-electron chi connectivity index (χ2n) is 12.0. The van der Waals surface area contributed by atoms with E-state index in [2.05, 4.69) is 6.58 Å². The van der Waals surface area contributed by atoms with Crippen LogP contribution in [0.2, 0.25) is 0 Å². The summed E-state index contributed by atoms with van der Waals surface area (Å²) in [6.45, 7) is 9.76. The molecule has 0 aliphatic carbocycles. The van der Waals surface area contributed by atoms with Crippen LogP contribution < -0.4 is 5.11 Å². The first-order valence-electron chi connectivity index (χ1n) is 15.7. The molecule has 0 aromatic carbocycles. The molecular weight excluding hydrogens is 494 g/mol. The Labute approximate surface area is 238 Å². The van der Waals surface area contributed by atoms with Gasteiger partial charge in [-0.15, -0.1) is 6.58 Å². The van der Waals surface area contributed by atoms with Gasteiger partial charge < -0.3 is 24.6 Å². The summed E-state index contributed by atoms with van der Waals surface area (Å²) in [7, 11) is 0. The maximum atomic E-state index is 11.6. The van der Waals surface area contributed by atoms with Crippen molar-refractivity contribution in [3.05, 3.63) is 12.7 Å². The molecule has 0 aromatic rings. The Morgan fingerprint density at radius 2 is 0.923 bits per heavy atom. The Balaban J connectivity index is 4.32. The number of carbonyl (C=O) groups is 3. The summed E-state index contributed by atoms with van der Waals surface area (Å²) in [5, 5.41) is 30.5. The van der Waals surface area contributed by atoms with Crippen LogP contribution in [0.5, 0.6) is 0 Å². The predicted octanol–water partition coefficient (Wildman–Crippen LogP) is 6.45. The monoisotopic (exact) mass is 553 g/mol. The minimum atomic E-state index is -1.18. The Morgan fingerprint density at radius 3 is 1.23 bits per heavy atom. The molecule has 7 heteroatoms. The Hall–Kier alpha value is -1.89. The van der Waals surface area contributed by atoms with Crippen LogP contribution in [-0.4, -0.2) is 58.8 Å². The lowest BCUT2D eigenvalue weighted by molar-refractivity contribution is -0.934. The van der Waals surface area contributed by atoms with E-state index in [1.165, 1.54) is 83.5 Å². The zero-order valence-electron chi connectivity index (χ0n) is 25.3. The van der Waals surface area contributed by atoms with Gasteiger partial charge in [-0.3, -0.25) is 9.59 Å². The number of allylic oxidation sites excluding steroid dienone is 1. The molecule has 0 amide bonds. The average Bonchev–Trinajstić information content (AvgIpc) is 2.87.